The summed E-state index contributed by atoms with van der Waals surface area (Å²) < 4.78 is 0. The first-order valence-electron chi connectivity index (χ1n) is 5.35. The quantitative estimate of drug-likeness (QED) is 0.734. The molecule has 0 radical (unpaired) electrons. The number of hydrogen-bond acceptors (Lipinski definition) is 3. The van der Waals surface area contributed by atoms with Crippen molar-refractivity contribution < 1.29 is 0 Å². The SMILES string of the molecule is Cc1cnnc(N2CCC(C)C(Br)C2)c1. The Kier molecular flexibility index (Phi) is 3.24. The molecule has 15 heavy (non-hydrogen) atoms. The fraction of sp³-hybridized carbons (Fsp3) is 0.636. The first kappa shape index (κ1) is 10.9. The topological polar surface area (TPSA) is 29.0 Å². The molecule has 0 aliphatic carbocycles. The number of piperidine rings is 1. The van der Waals surface area contributed by atoms with Crippen LogP contribution in [0.2, 0.25) is 0 Å². The second-order valence-corrected chi connectivity index (χ2v) is 5.50. The molecule has 0 spiro atoms. The Hall–Kier alpha value is -0.640. The van der Waals surface area contributed by atoms with E-state index in [1.165, 1.54) is 12.0 Å². The molecule has 1 aliphatic rings. The van der Waals surface area contributed by atoms with E-state index in [4.69, 9.17) is 0 Å². The van der Waals surface area contributed by atoms with Gasteiger partial charge in [0.05, 0.1) is 6.20 Å². The summed E-state index contributed by atoms with van der Waals surface area (Å²) in [5, 5.41) is 8.17. The summed E-state index contributed by atoms with van der Waals surface area (Å²) in [5.41, 5.74) is 1.17. The smallest absolute Gasteiger partial charge is 0.151 e. The number of anilines is 1. The van der Waals surface area contributed by atoms with Crippen molar-refractivity contribution in [2.45, 2.75) is 25.1 Å². The second kappa shape index (κ2) is 4.47. The predicted octanol–water partition coefficient (Wildman–Crippen LogP) is 2.39. The highest BCUT2D eigenvalue weighted by molar-refractivity contribution is 9.09. The van der Waals surface area contributed by atoms with Gasteiger partial charge in [0.15, 0.2) is 5.82 Å². The molecule has 2 rings (SSSR count). The molecule has 2 heterocycles. The Bertz CT molecular complexity index is 342. The van der Waals surface area contributed by atoms with Gasteiger partial charge >= 0.3 is 0 Å². The van der Waals surface area contributed by atoms with E-state index in [1.807, 2.05) is 0 Å². The van der Waals surface area contributed by atoms with E-state index in [0.717, 1.165) is 24.8 Å². The third-order valence-corrected chi connectivity index (χ3v) is 4.16. The average Bonchev–Trinajstić information content (AvgIpc) is 2.22. The van der Waals surface area contributed by atoms with Crippen LogP contribution in [0.4, 0.5) is 5.82 Å². The van der Waals surface area contributed by atoms with Crippen molar-refractivity contribution in [1.29, 1.82) is 0 Å². The molecule has 0 saturated carbocycles. The maximum absolute atomic E-state index is 4.18. The molecule has 0 bridgehead atoms. The van der Waals surface area contributed by atoms with Crippen LogP contribution in [0, 0.1) is 12.8 Å². The number of aromatic nitrogens is 2. The maximum atomic E-state index is 4.18. The molecule has 1 aromatic heterocycles. The molecule has 0 aromatic carbocycles. The van der Waals surface area contributed by atoms with Crippen LogP contribution in [0.1, 0.15) is 18.9 Å². The highest BCUT2D eigenvalue weighted by atomic mass is 79.9. The Morgan fingerprint density at radius 2 is 2.33 bits per heavy atom. The number of nitrogens with zero attached hydrogens (tertiary/aromatic N) is 3. The fourth-order valence-corrected chi connectivity index (χ4v) is 2.45. The van der Waals surface area contributed by atoms with Crippen LogP contribution >= 0.6 is 15.9 Å². The van der Waals surface area contributed by atoms with E-state index in [9.17, 15) is 0 Å². The average molecular weight is 270 g/mol. The zero-order valence-electron chi connectivity index (χ0n) is 9.15. The highest BCUT2D eigenvalue weighted by Gasteiger charge is 2.24. The van der Waals surface area contributed by atoms with Gasteiger partial charge in [-0.1, -0.05) is 22.9 Å². The summed E-state index contributed by atoms with van der Waals surface area (Å²) in [6.07, 6.45) is 3.01. The van der Waals surface area contributed by atoms with Crippen LogP contribution in [-0.4, -0.2) is 28.1 Å². The number of aryl methyl sites for hydroxylation is 1. The first-order valence-corrected chi connectivity index (χ1v) is 6.26. The largest absolute Gasteiger partial charge is 0.354 e. The molecular formula is C11H16BrN3. The Balaban J connectivity index is 2.12. The minimum atomic E-state index is 0.563. The van der Waals surface area contributed by atoms with Crippen molar-refractivity contribution in [2.75, 3.05) is 18.0 Å². The van der Waals surface area contributed by atoms with Gasteiger partial charge < -0.3 is 4.90 Å². The van der Waals surface area contributed by atoms with Gasteiger partial charge in [0.25, 0.3) is 0 Å². The van der Waals surface area contributed by atoms with Gasteiger partial charge in [-0.2, -0.15) is 5.10 Å². The van der Waals surface area contributed by atoms with Gasteiger partial charge in [-0.15, -0.1) is 5.10 Å². The molecule has 1 aliphatic heterocycles. The molecule has 4 heteroatoms. The minimum absolute atomic E-state index is 0.563. The molecule has 0 amide bonds. The summed E-state index contributed by atoms with van der Waals surface area (Å²) in [6.45, 7) is 6.45. The molecule has 1 fully saturated rings. The predicted molar refractivity (Wildman–Crippen MR) is 65.5 cm³/mol. The van der Waals surface area contributed by atoms with Crippen LogP contribution in [0.25, 0.3) is 0 Å². The molecule has 0 N–H and O–H groups in total. The van der Waals surface area contributed by atoms with E-state index >= 15 is 0 Å². The third-order valence-electron chi connectivity index (χ3n) is 2.97. The van der Waals surface area contributed by atoms with Crippen molar-refractivity contribution in [2.24, 2.45) is 5.92 Å². The Morgan fingerprint density at radius 3 is 3.00 bits per heavy atom. The lowest BCUT2D eigenvalue weighted by molar-refractivity contribution is 0.453. The molecule has 1 saturated heterocycles. The van der Waals surface area contributed by atoms with Gasteiger partial charge in [-0.25, -0.2) is 0 Å². The van der Waals surface area contributed by atoms with Crippen LogP contribution in [0.5, 0.6) is 0 Å². The zero-order valence-corrected chi connectivity index (χ0v) is 10.7. The van der Waals surface area contributed by atoms with E-state index in [1.54, 1.807) is 6.20 Å². The van der Waals surface area contributed by atoms with Crippen molar-refractivity contribution in [3.8, 4) is 0 Å². The van der Waals surface area contributed by atoms with E-state index in [2.05, 4.69) is 50.9 Å². The van der Waals surface area contributed by atoms with E-state index in [0.29, 0.717) is 4.83 Å². The normalized spacial score (nSPS) is 26.7. The standard InChI is InChI=1S/C11H16BrN3/c1-8-5-11(14-13-6-8)15-4-3-9(2)10(12)7-15/h5-6,9-10H,3-4,7H2,1-2H3. The van der Waals surface area contributed by atoms with E-state index in [-0.39, 0.29) is 0 Å². The van der Waals surface area contributed by atoms with Crippen molar-refractivity contribution >= 4 is 21.7 Å². The van der Waals surface area contributed by atoms with Gasteiger partial charge in [0.1, 0.15) is 0 Å². The fourth-order valence-electron chi connectivity index (χ4n) is 1.83. The number of halogens is 1. The third kappa shape index (κ3) is 2.48. The number of hydrogen-bond donors (Lipinski definition) is 0. The lowest BCUT2D eigenvalue weighted by Gasteiger charge is -2.34. The molecule has 82 valence electrons. The van der Waals surface area contributed by atoms with Gasteiger partial charge in [0, 0.05) is 17.9 Å². The minimum Gasteiger partial charge on any atom is -0.354 e. The molecule has 1 aromatic rings. The summed E-state index contributed by atoms with van der Waals surface area (Å²) >= 11 is 3.72. The van der Waals surface area contributed by atoms with E-state index < -0.39 is 0 Å². The summed E-state index contributed by atoms with van der Waals surface area (Å²) in [6, 6.07) is 2.10. The van der Waals surface area contributed by atoms with Crippen LogP contribution in [-0.2, 0) is 0 Å². The van der Waals surface area contributed by atoms with Crippen LogP contribution in [0.15, 0.2) is 12.3 Å². The summed E-state index contributed by atoms with van der Waals surface area (Å²) in [4.78, 5) is 2.87. The molecular weight excluding hydrogens is 254 g/mol. The van der Waals surface area contributed by atoms with Crippen molar-refractivity contribution in [3.63, 3.8) is 0 Å². The Labute approximate surface area is 99.0 Å². The molecule has 2 unspecified atom stereocenters. The van der Waals surface area contributed by atoms with Crippen molar-refractivity contribution in [1.82, 2.24) is 10.2 Å². The van der Waals surface area contributed by atoms with Gasteiger partial charge in [-0.05, 0) is 30.9 Å². The van der Waals surface area contributed by atoms with Gasteiger partial charge in [0.2, 0.25) is 0 Å². The highest BCUT2D eigenvalue weighted by Crippen LogP contribution is 2.26. The number of rotatable bonds is 1. The maximum Gasteiger partial charge on any atom is 0.151 e. The summed E-state index contributed by atoms with van der Waals surface area (Å²) in [7, 11) is 0. The monoisotopic (exact) mass is 269 g/mol. The Morgan fingerprint density at radius 1 is 1.53 bits per heavy atom. The first-order chi connectivity index (χ1) is 7.16. The lowest BCUT2D eigenvalue weighted by atomic mass is 9.99. The van der Waals surface area contributed by atoms with Crippen LogP contribution in [0.3, 0.4) is 0 Å². The zero-order chi connectivity index (χ0) is 10.8. The number of alkyl halides is 1. The van der Waals surface area contributed by atoms with Gasteiger partial charge in [-0.3, -0.25) is 0 Å². The lowest BCUT2D eigenvalue weighted by Crippen LogP contribution is -2.40. The molecule has 3 nitrogen and oxygen atoms in total. The summed E-state index contributed by atoms with van der Waals surface area (Å²) in [5.74, 6) is 1.75. The molecule has 2 atom stereocenters. The second-order valence-electron chi connectivity index (χ2n) is 4.32. The van der Waals surface area contributed by atoms with Crippen LogP contribution < -0.4 is 4.90 Å². The van der Waals surface area contributed by atoms with Crippen molar-refractivity contribution in [3.05, 3.63) is 17.8 Å².